The van der Waals surface area contributed by atoms with Gasteiger partial charge in [0.05, 0.1) is 18.4 Å². The molecular formula is C25H23ClF2N2O3. The highest BCUT2D eigenvalue weighted by Crippen LogP contribution is 2.28. The molecule has 0 unspecified atom stereocenters. The molecule has 0 amide bonds. The first-order valence-electron chi connectivity index (χ1n) is 10.0. The van der Waals surface area contributed by atoms with Gasteiger partial charge in [-0.25, -0.2) is 4.79 Å². The lowest BCUT2D eigenvalue weighted by molar-refractivity contribution is -0.0920. The number of carbonyl (C=O) groups excluding carboxylic acids is 1. The Bertz CT molecular complexity index is 1230. The number of hydrogen-bond donors (Lipinski definition) is 1. The summed E-state index contributed by atoms with van der Waals surface area (Å²) in [5.74, 6) is -0.487. The summed E-state index contributed by atoms with van der Waals surface area (Å²) in [7, 11) is 1.31. The molecule has 1 N–H and O–H groups in total. The van der Waals surface area contributed by atoms with Gasteiger partial charge >= 0.3 is 12.6 Å². The van der Waals surface area contributed by atoms with E-state index in [4.69, 9.17) is 16.3 Å². The zero-order chi connectivity index (χ0) is 24.0. The summed E-state index contributed by atoms with van der Waals surface area (Å²) in [5, 5.41) is 4.62. The molecule has 0 aliphatic rings. The predicted octanol–water partition coefficient (Wildman–Crippen LogP) is 7.08. The van der Waals surface area contributed by atoms with E-state index in [9.17, 15) is 13.6 Å². The third-order valence-electron chi connectivity index (χ3n) is 4.91. The van der Waals surface area contributed by atoms with Gasteiger partial charge in [0.1, 0.15) is 5.76 Å². The molecule has 172 valence electrons. The first-order valence-corrected chi connectivity index (χ1v) is 10.4. The minimum atomic E-state index is -2.91. The molecule has 0 fully saturated rings. The smallest absolute Gasteiger partial charge is 0.387 e. The van der Waals surface area contributed by atoms with Gasteiger partial charge in [0, 0.05) is 34.4 Å². The molecule has 3 aromatic rings. The Kier molecular flexibility index (Phi) is 7.90. The Morgan fingerprint density at radius 2 is 2.03 bits per heavy atom. The molecule has 33 heavy (non-hydrogen) atoms. The van der Waals surface area contributed by atoms with E-state index in [1.807, 2.05) is 48.0 Å². The zero-order valence-corrected chi connectivity index (χ0v) is 18.9. The van der Waals surface area contributed by atoms with Crippen molar-refractivity contribution in [1.29, 1.82) is 0 Å². The SMILES string of the molecule is C=C/C(=C\C(=C/C)Cn1ccc2cc(Nc3ccc(Cl)cc3C(=O)OC)ccc21)OC(F)F. The fraction of sp³-hybridized carbons (Fsp3) is 0.160. The normalized spacial score (nSPS) is 12.2. The third kappa shape index (κ3) is 6.02. The fourth-order valence-corrected chi connectivity index (χ4v) is 3.49. The minimum absolute atomic E-state index is 0.00502. The second kappa shape index (κ2) is 10.8. The van der Waals surface area contributed by atoms with Crippen LogP contribution in [-0.2, 0) is 16.0 Å². The summed E-state index contributed by atoms with van der Waals surface area (Å²) in [5.41, 5.74) is 3.42. The highest BCUT2D eigenvalue weighted by Gasteiger charge is 2.13. The van der Waals surface area contributed by atoms with E-state index in [1.54, 1.807) is 18.2 Å². The van der Waals surface area contributed by atoms with Gasteiger partial charge in [-0.3, -0.25) is 0 Å². The van der Waals surface area contributed by atoms with Gasteiger partial charge < -0.3 is 19.4 Å². The summed E-state index contributed by atoms with van der Waals surface area (Å²) in [6.45, 7) is 2.89. The number of hydrogen-bond acceptors (Lipinski definition) is 4. The number of allylic oxidation sites excluding steroid dienone is 4. The number of alkyl halides is 2. The van der Waals surface area contributed by atoms with Crippen LogP contribution in [0.1, 0.15) is 17.3 Å². The topological polar surface area (TPSA) is 52.5 Å². The molecule has 1 heterocycles. The van der Waals surface area contributed by atoms with Crippen LogP contribution in [0.4, 0.5) is 20.2 Å². The maximum absolute atomic E-state index is 12.5. The second-order valence-corrected chi connectivity index (χ2v) is 7.45. The average Bonchev–Trinajstić information content (AvgIpc) is 3.20. The Labute approximate surface area is 195 Å². The molecule has 8 heteroatoms. The van der Waals surface area contributed by atoms with Crippen molar-refractivity contribution in [3.63, 3.8) is 0 Å². The Morgan fingerprint density at radius 1 is 1.24 bits per heavy atom. The van der Waals surface area contributed by atoms with Crippen molar-refractivity contribution >= 4 is 39.8 Å². The maximum atomic E-state index is 12.5. The van der Waals surface area contributed by atoms with Crippen molar-refractivity contribution in [1.82, 2.24) is 4.57 Å². The van der Waals surface area contributed by atoms with Crippen LogP contribution in [-0.4, -0.2) is 24.3 Å². The summed E-state index contributed by atoms with van der Waals surface area (Å²) in [6, 6.07) is 12.7. The summed E-state index contributed by atoms with van der Waals surface area (Å²) >= 11 is 6.02. The minimum Gasteiger partial charge on any atom is -0.465 e. The van der Waals surface area contributed by atoms with E-state index in [-0.39, 0.29) is 5.76 Å². The second-order valence-electron chi connectivity index (χ2n) is 7.02. The highest BCUT2D eigenvalue weighted by molar-refractivity contribution is 6.31. The number of benzene rings is 2. The van der Waals surface area contributed by atoms with Crippen molar-refractivity contribution in [2.75, 3.05) is 12.4 Å². The molecule has 3 rings (SSSR count). The number of esters is 1. The lowest BCUT2D eigenvalue weighted by atomic mass is 10.1. The van der Waals surface area contributed by atoms with Crippen LogP contribution in [0.3, 0.4) is 0 Å². The molecule has 2 aromatic carbocycles. The summed E-state index contributed by atoms with van der Waals surface area (Å²) in [4.78, 5) is 12.1. The monoisotopic (exact) mass is 472 g/mol. The van der Waals surface area contributed by atoms with Crippen molar-refractivity contribution in [2.45, 2.75) is 20.1 Å². The molecule has 0 saturated heterocycles. The van der Waals surface area contributed by atoms with Crippen LogP contribution >= 0.6 is 11.6 Å². The summed E-state index contributed by atoms with van der Waals surface area (Å²) < 4.78 is 36.4. The van der Waals surface area contributed by atoms with E-state index >= 15 is 0 Å². The molecule has 0 aliphatic heterocycles. The van der Waals surface area contributed by atoms with Gasteiger partial charge in [-0.2, -0.15) is 8.78 Å². The standard InChI is InChI=1S/C25H23ClF2N2O3/c1-4-16(12-20(5-2)33-25(27)28)15-30-11-10-17-13-19(7-9-23(17)30)29-22-8-6-18(26)14-21(22)24(31)32-3/h4-14,25,29H,2,15H2,1,3H3/b16-4+,20-12+. The molecular weight excluding hydrogens is 450 g/mol. The van der Waals surface area contributed by atoms with Crippen LogP contribution in [0.15, 0.2) is 84.8 Å². The third-order valence-corrected chi connectivity index (χ3v) is 5.15. The van der Waals surface area contributed by atoms with Crippen LogP contribution in [0.2, 0.25) is 5.02 Å². The van der Waals surface area contributed by atoms with Gasteiger partial charge in [0.15, 0.2) is 0 Å². The van der Waals surface area contributed by atoms with E-state index in [2.05, 4.69) is 16.6 Å². The molecule has 0 spiro atoms. The van der Waals surface area contributed by atoms with Gasteiger partial charge in [0.2, 0.25) is 0 Å². The lowest BCUT2D eigenvalue weighted by Crippen LogP contribution is -2.05. The number of ether oxygens (including phenoxy) is 2. The van der Waals surface area contributed by atoms with Crippen molar-refractivity contribution in [2.24, 2.45) is 0 Å². The molecule has 0 saturated carbocycles. The van der Waals surface area contributed by atoms with Crippen molar-refractivity contribution in [3.05, 3.63) is 95.4 Å². The van der Waals surface area contributed by atoms with E-state index in [0.29, 0.717) is 22.8 Å². The van der Waals surface area contributed by atoms with Gasteiger partial charge in [-0.05, 0) is 67.1 Å². The number of methoxy groups -OCH3 is 1. The Balaban J connectivity index is 1.85. The number of nitrogens with one attached hydrogen (secondary N) is 1. The average molecular weight is 473 g/mol. The largest absolute Gasteiger partial charge is 0.465 e. The molecule has 0 radical (unpaired) electrons. The number of aromatic nitrogens is 1. The Hall–Kier alpha value is -3.58. The number of carbonyl (C=O) groups is 1. The lowest BCUT2D eigenvalue weighted by Gasteiger charge is -2.12. The number of fused-ring (bicyclic) bond motifs is 1. The quantitative estimate of drug-likeness (QED) is 0.205. The van der Waals surface area contributed by atoms with Gasteiger partial charge in [0.25, 0.3) is 0 Å². The fourth-order valence-electron chi connectivity index (χ4n) is 3.32. The zero-order valence-electron chi connectivity index (χ0n) is 18.1. The van der Waals surface area contributed by atoms with Gasteiger partial charge in [-0.15, -0.1) is 0 Å². The van der Waals surface area contributed by atoms with E-state index in [1.165, 1.54) is 19.3 Å². The number of anilines is 2. The first-order chi connectivity index (χ1) is 15.8. The number of rotatable bonds is 9. The predicted molar refractivity (Wildman–Crippen MR) is 127 cm³/mol. The van der Waals surface area contributed by atoms with E-state index < -0.39 is 12.6 Å². The molecule has 5 nitrogen and oxygen atoms in total. The molecule has 0 bridgehead atoms. The summed E-state index contributed by atoms with van der Waals surface area (Å²) in [6.07, 6.45) is 6.53. The maximum Gasteiger partial charge on any atom is 0.387 e. The van der Waals surface area contributed by atoms with Crippen LogP contribution in [0.5, 0.6) is 0 Å². The highest BCUT2D eigenvalue weighted by atomic mass is 35.5. The molecule has 0 aliphatic carbocycles. The van der Waals surface area contributed by atoms with E-state index in [0.717, 1.165) is 22.2 Å². The van der Waals surface area contributed by atoms with Crippen LogP contribution in [0.25, 0.3) is 10.9 Å². The van der Waals surface area contributed by atoms with Crippen molar-refractivity contribution in [3.8, 4) is 0 Å². The number of nitrogens with zero attached hydrogens (tertiary/aromatic N) is 1. The first kappa shape index (κ1) is 24.1. The van der Waals surface area contributed by atoms with Crippen molar-refractivity contribution < 1.29 is 23.0 Å². The van der Waals surface area contributed by atoms with Crippen LogP contribution in [0, 0.1) is 0 Å². The Morgan fingerprint density at radius 3 is 2.70 bits per heavy atom. The molecule has 0 atom stereocenters. The number of halogens is 3. The van der Waals surface area contributed by atoms with Gasteiger partial charge in [-0.1, -0.05) is 24.3 Å². The molecule has 1 aromatic heterocycles. The van der Waals surface area contributed by atoms with Crippen LogP contribution < -0.4 is 5.32 Å².